The Balaban J connectivity index is 1.40. The number of rotatable bonds is 11. The molecule has 2 aliphatic rings. The van der Waals surface area contributed by atoms with Crippen LogP contribution in [0.25, 0.3) is 0 Å². The summed E-state index contributed by atoms with van der Waals surface area (Å²) in [5.74, 6) is 0.339. The zero-order valence-electron chi connectivity index (χ0n) is 23.2. The quantitative estimate of drug-likeness (QED) is 0.286. The molecule has 4 rings (SSSR count). The molecule has 1 saturated heterocycles. The molecule has 2 aromatic rings. The maximum absolute atomic E-state index is 13.5. The molecule has 0 aromatic heterocycles. The molecule has 2 atom stereocenters. The van der Waals surface area contributed by atoms with Gasteiger partial charge in [0.2, 0.25) is 0 Å². The summed E-state index contributed by atoms with van der Waals surface area (Å²) in [4.78, 5) is 12.5. The van der Waals surface area contributed by atoms with Crippen molar-refractivity contribution in [2.24, 2.45) is 5.92 Å². The van der Waals surface area contributed by atoms with Gasteiger partial charge in [0.05, 0.1) is 31.0 Å². The van der Waals surface area contributed by atoms with Crippen molar-refractivity contribution in [1.82, 2.24) is 5.48 Å². The van der Waals surface area contributed by atoms with Gasteiger partial charge in [-0.3, -0.25) is 10.0 Å². The topological polar surface area (TPSA) is 155 Å². The third-order valence-corrected chi connectivity index (χ3v) is 12.3. The number of benzene rings is 2. The number of carbonyl (C=O) groups excluding carboxylic acids is 1. The van der Waals surface area contributed by atoms with Crippen molar-refractivity contribution in [3.8, 4) is 17.2 Å². The highest BCUT2D eigenvalue weighted by molar-refractivity contribution is 7.93. The number of amides is 1. The van der Waals surface area contributed by atoms with Crippen LogP contribution in [0.15, 0.2) is 52.3 Å². The van der Waals surface area contributed by atoms with Crippen molar-refractivity contribution in [2.45, 2.75) is 65.6 Å². The number of sulfone groups is 2. The number of carbonyl (C=O) groups is 1. The van der Waals surface area contributed by atoms with E-state index in [1.807, 2.05) is 0 Å². The second kappa shape index (κ2) is 13.0. The van der Waals surface area contributed by atoms with Crippen LogP contribution < -0.4 is 19.7 Å². The first-order valence-electron chi connectivity index (χ1n) is 13.5. The molecule has 0 bridgehead atoms. The molecule has 1 heterocycles. The molecule has 1 aliphatic heterocycles. The van der Waals surface area contributed by atoms with Gasteiger partial charge < -0.3 is 18.9 Å². The lowest BCUT2D eigenvalue weighted by Gasteiger charge is -2.34. The van der Waals surface area contributed by atoms with E-state index in [0.717, 1.165) is 19.3 Å². The Labute approximate surface area is 240 Å². The van der Waals surface area contributed by atoms with Crippen molar-refractivity contribution in [3.05, 3.63) is 42.5 Å². The van der Waals surface area contributed by atoms with Crippen LogP contribution in [0.4, 0.5) is 0 Å². The molecule has 13 heteroatoms. The van der Waals surface area contributed by atoms with Gasteiger partial charge in [0.15, 0.2) is 24.4 Å². The second-order valence-electron chi connectivity index (χ2n) is 10.4. The third-order valence-electron chi connectivity index (χ3n) is 8.00. The predicted molar refractivity (Wildman–Crippen MR) is 149 cm³/mol. The summed E-state index contributed by atoms with van der Waals surface area (Å²) in [6.07, 6.45) is 3.43. The summed E-state index contributed by atoms with van der Waals surface area (Å²) in [6.45, 7) is 0.177. The molecule has 1 amide bonds. The van der Waals surface area contributed by atoms with E-state index in [1.165, 1.54) is 37.9 Å². The lowest BCUT2D eigenvalue weighted by Crippen LogP contribution is -2.54. The predicted octanol–water partition coefficient (Wildman–Crippen LogP) is 3.33. The van der Waals surface area contributed by atoms with Crippen molar-refractivity contribution >= 4 is 25.6 Å². The number of nitrogens with one attached hydrogen (secondary N) is 1. The average molecular weight is 612 g/mol. The molecule has 11 nitrogen and oxygen atoms in total. The Hall–Kier alpha value is -2.87. The molecular formula is C28H37NO10S2. The van der Waals surface area contributed by atoms with Crippen LogP contribution in [-0.4, -0.2) is 72.0 Å². The Morgan fingerprint density at radius 1 is 1.00 bits per heavy atom. The fraction of sp³-hybridized carbons (Fsp3) is 0.536. The zero-order chi connectivity index (χ0) is 29.7. The number of hydrogen-bond acceptors (Lipinski definition) is 10. The Kier molecular flexibility index (Phi) is 9.83. The SMILES string of the molecule is COc1ccc(OC)c(S(=O)(=O)CCC2CCCC(Oc3ccc(S(=O)(=O)C4(C(=O)NO)CCOCC4)cc3)C2)c1. The van der Waals surface area contributed by atoms with Crippen LogP contribution >= 0.6 is 0 Å². The van der Waals surface area contributed by atoms with Crippen LogP contribution in [0, 0.1) is 5.92 Å². The first-order valence-corrected chi connectivity index (χ1v) is 16.7. The molecule has 0 spiro atoms. The van der Waals surface area contributed by atoms with Gasteiger partial charge in [0.25, 0.3) is 5.91 Å². The molecule has 0 radical (unpaired) electrons. The van der Waals surface area contributed by atoms with Crippen molar-refractivity contribution in [2.75, 3.05) is 33.2 Å². The van der Waals surface area contributed by atoms with Gasteiger partial charge in [-0.1, -0.05) is 6.42 Å². The molecule has 2 unspecified atom stereocenters. The highest BCUT2D eigenvalue weighted by Gasteiger charge is 2.52. The number of methoxy groups -OCH3 is 2. The normalized spacial score (nSPS) is 21.0. The van der Waals surface area contributed by atoms with Crippen LogP contribution in [-0.2, 0) is 29.2 Å². The Morgan fingerprint density at radius 2 is 1.68 bits per heavy atom. The summed E-state index contributed by atoms with van der Waals surface area (Å²) in [5.41, 5.74) is 1.51. The van der Waals surface area contributed by atoms with Crippen molar-refractivity contribution in [1.29, 1.82) is 0 Å². The maximum Gasteiger partial charge on any atom is 0.265 e. The molecule has 2 aromatic carbocycles. The van der Waals surface area contributed by atoms with Gasteiger partial charge in [-0.2, -0.15) is 0 Å². The first-order chi connectivity index (χ1) is 19.6. The van der Waals surface area contributed by atoms with Crippen LogP contribution in [0.3, 0.4) is 0 Å². The Bertz CT molecular complexity index is 1420. The van der Waals surface area contributed by atoms with Gasteiger partial charge in [0, 0.05) is 19.3 Å². The summed E-state index contributed by atoms with van der Waals surface area (Å²) >= 11 is 0. The highest BCUT2D eigenvalue weighted by atomic mass is 32.2. The van der Waals surface area contributed by atoms with Crippen LogP contribution in [0.2, 0.25) is 0 Å². The summed E-state index contributed by atoms with van der Waals surface area (Å²) in [7, 11) is -4.83. The average Bonchev–Trinajstić information content (AvgIpc) is 3.00. The van der Waals surface area contributed by atoms with Crippen molar-refractivity contribution in [3.63, 3.8) is 0 Å². The number of hydroxylamine groups is 1. The Morgan fingerprint density at radius 3 is 2.32 bits per heavy atom. The van der Waals surface area contributed by atoms with Gasteiger partial charge >= 0.3 is 0 Å². The van der Waals surface area contributed by atoms with E-state index in [9.17, 15) is 26.8 Å². The standard InChI is InChI=1S/C28H37NO10S2/c1-36-22-8-11-25(37-2)26(19-22)40(32,33)17-12-20-4-3-5-23(18-20)39-21-6-9-24(10-7-21)41(34,35)28(27(30)29-31)13-15-38-16-14-28/h6-11,19-20,23,31H,3-5,12-18H2,1-2H3,(H,29,30). The molecule has 1 saturated carbocycles. The zero-order valence-corrected chi connectivity index (χ0v) is 24.8. The molecule has 1 aliphatic carbocycles. The van der Waals surface area contributed by atoms with E-state index >= 15 is 0 Å². The molecule has 41 heavy (non-hydrogen) atoms. The lowest BCUT2D eigenvalue weighted by molar-refractivity contribution is -0.134. The van der Waals surface area contributed by atoms with Crippen molar-refractivity contribution < 1.29 is 45.8 Å². The minimum absolute atomic E-state index is 0.0331. The fourth-order valence-electron chi connectivity index (χ4n) is 5.61. The molecule has 2 N–H and O–H groups in total. The summed E-state index contributed by atoms with van der Waals surface area (Å²) in [6, 6.07) is 10.6. The van der Waals surface area contributed by atoms with Crippen LogP contribution in [0.1, 0.15) is 44.9 Å². The molecule has 2 fully saturated rings. The summed E-state index contributed by atoms with van der Waals surface area (Å²) < 4.78 is 73.2. The van der Waals surface area contributed by atoms with Gasteiger partial charge in [-0.15, -0.1) is 0 Å². The second-order valence-corrected chi connectivity index (χ2v) is 14.8. The van der Waals surface area contributed by atoms with E-state index in [0.29, 0.717) is 24.3 Å². The monoisotopic (exact) mass is 611 g/mol. The minimum Gasteiger partial charge on any atom is -0.497 e. The smallest absolute Gasteiger partial charge is 0.265 e. The van der Waals surface area contributed by atoms with Gasteiger partial charge in [-0.05, 0) is 80.8 Å². The fourth-order valence-corrected chi connectivity index (χ4v) is 9.16. The first kappa shape index (κ1) is 31.1. The van der Waals surface area contributed by atoms with Gasteiger partial charge in [0.1, 0.15) is 22.1 Å². The summed E-state index contributed by atoms with van der Waals surface area (Å²) in [5, 5.41) is 9.23. The number of hydrogen-bond donors (Lipinski definition) is 2. The molecular weight excluding hydrogens is 574 g/mol. The van der Waals surface area contributed by atoms with E-state index < -0.39 is 30.3 Å². The van der Waals surface area contributed by atoms with E-state index in [4.69, 9.17) is 18.9 Å². The minimum atomic E-state index is -4.13. The van der Waals surface area contributed by atoms with E-state index in [-0.39, 0.29) is 59.4 Å². The van der Waals surface area contributed by atoms with E-state index in [1.54, 1.807) is 24.3 Å². The highest BCUT2D eigenvalue weighted by Crippen LogP contribution is 2.37. The lowest BCUT2D eigenvalue weighted by atomic mass is 9.85. The largest absolute Gasteiger partial charge is 0.497 e. The van der Waals surface area contributed by atoms with Gasteiger partial charge in [-0.25, -0.2) is 22.3 Å². The number of ether oxygens (including phenoxy) is 4. The molecule has 226 valence electrons. The maximum atomic E-state index is 13.5. The van der Waals surface area contributed by atoms with E-state index in [2.05, 4.69) is 0 Å². The van der Waals surface area contributed by atoms with Crippen LogP contribution in [0.5, 0.6) is 17.2 Å². The third kappa shape index (κ3) is 6.63.